The minimum Gasteiger partial charge on any atom is -0.468 e. The van der Waals surface area contributed by atoms with E-state index in [0.29, 0.717) is 0 Å². The van der Waals surface area contributed by atoms with Gasteiger partial charge >= 0.3 is 0 Å². The van der Waals surface area contributed by atoms with E-state index in [2.05, 4.69) is 19.2 Å². The normalized spacial score (nSPS) is 12.9. The Hall–Kier alpha value is -1.48. The Morgan fingerprint density at radius 2 is 2.06 bits per heavy atom. The van der Waals surface area contributed by atoms with Gasteiger partial charge in [-0.05, 0) is 31.2 Å². The summed E-state index contributed by atoms with van der Waals surface area (Å²) >= 11 is 0. The molecule has 16 heavy (non-hydrogen) atoms. The molecule has 0 amide bonds. The summed E-state index contributed by atoms with van der Waals surface area (Å²) in [6, 6.07) is 8.10. The van der Waals surface area contributed by atoms with Gasteiger partial charge in [-0.15, -0.1) is 0 Å². The number of aryl methyl sites for hydroxylation is 1. The van der Waals surface area contributed by atoms with Gasteiger partial charge in [-0.25, -0.2) is 0 Å². The molecule has 1 N–H and O–H groups in total. The van der Waals surface area contributed by atoms with Crippen molar-refractivity contribution in [3.8, 4) is 0 Å². The Morgan fingerprint density at radius 3 is 2.69 bits per heavy atom. The SMILES string of the molecule is CCc1ccc(CN[C@H](C)c2ccco2)o1. The molecular weight excluding hydrogens is 202 g/mol. The largest absolute Gasteiger partial charge is 0.468 e. The number of rotatable bonds is 5. The van der Waals surface area contributed by atoms with Gasteiger partial charge in [0.25, 0.3) is 0 Å². The molecule has 0 fully saturated rings. The maximum atomic E-state index is 5.61. The van der Waals surface area contributed by atoms with E-state index in [4.69, 9.17) is 8.83 Å². The van der Waals surface area contributed by atoms with E-state index in [-0.39, 0.29) is 6.04 Å². The molecule has 2 aromatic heterocycles. The fraction of sp³-hybridized carbons (Fsp3) is 0.385. The van der Waals surface area contributed by atoms with Crippen LogP contribution in [0.25, 0.3) is 0 Å². The van der Waals surface area contributed by atoms with Crippen molar-refractivity contribution in [3.63, 3.8) is 0 Å². The lowest BCUT2D eigenvalue weighted by molar-refractivity contribution is 0.398. The molecule has 0 aromatic carbocycles. The van der Waals surface area contributed by atoms with Gasteiger partial charge in [-0.3, -0.25) is 0 Å². The van der Waals surface area contributed by atoms with Gasteiger partial charge in [0.2, 0.25) is 0 Å². The number of furan rings is 2. The third-order valence-corrected chi connectivity index (χ3v) is 2.62. The standard InChI is InChI=1S/C13H17NO2/c1-3-11-6-7-12(16-11)9-14-10(2)13-5-4-8-15-13/h4-8,10,14H,3,9H2,1-2H3/t10-/m1/s1. The van der Waals surface area contributed by atoms with Crippen LogP contribution in [0.3, 0.4) is 0 Å². The molecule has 0 aliphatic heterocycles. The van der Waals surface area contributed by atoms with Crippen molar-refractivity contribution in [1.29, 1.82) is 0 Å². The summed E-state index contributed by atoms with van der Waals surface area (Å²) in [5, 5.41) is 3.35. The second-order valence-electron chi connectivity index (χ2n) is 3.84. The van der Waals surface area contributed by atoms with Crippen LogP contribution in [0.4, 0.5) is 0 Å². The maximum Gasteiger partial charge on any atom is 0.120 e. The molecule has 3 heteroatoms. The Labute approximate surface area is 95.5 Å². The molecule has 0 saturated heterocycles. The summed E-state index contributed by atoms with van der Waals surface area (Å²) in [6.45, 7) is 4.88. The molecule has 2 aromatic rings. The molecule has 2 heterocycles. The lowest BCUT2D eigenvalue weighted by Crippen LogP contribution is -2.17. The summed E-state index contributed by atoms with van der Waals surface area (Å²) in [7, 11) is 0. The van der Waals surface area contributed by atoms with E-state index in [1.54, 1.807) is 6.26 Å². The van der Waals surface area contributed by atoms with Crippen LogP contribution in [0.15, 0.2) is 39.4 Å². The first-order valence-electron chi connectivity index (χ1n) is 5.64. The monoisotopic (exact) mass is 219 g/mol. The van der Waals surface area contributed by atoms with Crippen molar-refractivity contribution < 1.29 is 8.83 Å². The van der Waals surface area contributed by atoms with Crippen molar-refractivity contribution in [2.45, 2.75) is 32.9 Å². The molecule has 0 spiro atoms. The Kier molecular flexibility index (Phi) is 3.47. The van der Waals surface area contributed by atoms with Crippen LogP contribution in [-0.2, 0) is 13.0 Å². The predicted molar refractivity (Wildman–Crippen MR) is 62.0 cm³/mol. The van der Waals surface area contributed by atoms with Crippen molar-refractivity contribution in [1.82, 2.24) is 5.32 Å². The van der Waals surface area contributed by atoms with E-state index >= 15 is 0 Å². The highest BCUT2D eigenvalue weighted by Crippen LogP contribution is 2.14. The third kappa shape index (κ3) is 2.55. The smallest absolute Gasteiger partial charge is 0.120 e. The van der Waals surface area contributed by atoms with Gasteiger partial charge in [0, 0.05) is 6.42 Å². The molecule has 0 radical (unpaired) electrons. The van der Waals surface area contributed by atoms with E-state index < -0.39 is 0 Å². The summed E-state index contributed by atoms with van der Waals surface area (Å²) < 4.78 is 10.9. The number of hydrogen-bond acceptors (Lipinski definition) is 3. The molecule has 0 unspecified atom stereocenters. The topological polar surface area (TPSA) is 38.3 Å². The lowest BCUT2D eigenvalue weighted by atomic mass is 10.2. The molecule has 0 aliphatic carbocycles. The van der Waals surface area contributed by atoms with Crippen molar-refractivity contribution >= 4 is 0 Å². The molecule has 3 nitrogen and oxygen atoms in total. The fourth-order valence-electron chi connectivity index (χ4n) is 1.60. The summed E-state index contributed by atoms with van der Waals surface area (Å²) in [4.78, 5) is 0. The van der Waals surface area contributed by atoms with Gasteiger partial charge in [-0.2, -0.15) is 0 Å². The second kappa shape index (κ2) is 5.03. The fourth-order valence-corrected chi connectivity index (χ4v) is 1.60. The number of hydrogen-bond donors (Lipinski definition) is 1. The number of nitrogens with one attached hydrogen (secondary N) is 1. The second-order valence-corrected chi connectivity index (χ2v) is 3.84. The van der Waals surface area contributed by atoms with Gasteiger partial charge in [0.1, 0.15) is 17.3 Å². The van der Waals surface area contributed by atoms with Gasteiger partial charge < -0.3 is 14.2 Å². The molecule has 86 valence electrons. The van der Waals surface area contributed by atoms with Crippen molar-refractivity contribution in [2.75, 3.05) is 0 Å². The molecular formula is C13H17NO2. The highest BCUT2D eigenvalue weighted by Gasteiger charge is 2.08. The molecule has 0 bridgehead atoms. The van der Waals surface area contributed by atoms with Crippen LogP contribution < -0.4 is 5.32 Å². The Morgan fingerprint density at radius 1 is 1.25 bits per heavy atom. The zero-order valence-corrected chi connectivity index (χ0v) is 9.69. The molecule has 0 aliphatic rings. The van der Waals surface area contributed by atoms with Crippen molar-refractivity contribution in [2.24, 2.45) is 0 Å². The zero-order chi connectivity index (χ0) is 11.4. The minimum atomic E-state index is 0.199. The molecule has 2 rings (SSSR count). The maximum absolute atomic E-state index is 5.61. The van der Waals surface area contributed by atoms with E-state index in [1.165, 1.54) is 0 Å². The van der Waals surface area contributed by atoms with E-state index in [0.717, 1.165) is 30.2 Å². The van der Waals surface area contributed by atoms with Crippen LogP contribution in [0.1, 0.15) is 37.2 Å². The van der Waals surface area contributed by atoms with Gasteiger partial charge in [0.05, 0.1) is 18.8 Å². The zero-order valence-electron chi connectivity index (χ0n) is 9.69. The summed E-state index contributed by atoms with van der Waals surface area (Å²) in [5.41, 5.74) is 0. The molecule has 1 atom stereocenters. The van der Waals surface area contributed by atoms with E-state index in [9.17, 15) is 0 Å². The Balaban J connectivity index is 1.87. The van der Waals surface area contributed by atoms with Crippen LogP contribution in [0.2, 0.25) is 0 Å². The first-order chi connectivity index (χ1) is 7.79. The summed E-state index contributed by atoms with van der Waals surface area (Å²) in [6.07, 6.45) is 2.63. The predicted octanol–water partition coefficient (Wildman–Crippen LogP) is 3.29. The third-order valence-electron chi connectivity index (χ3n) is 2.62. The lowest BCUT2D eigenvalue weighted by Gasteiger charge is -2.09. The van der Waals surface area contributed by atoms with Crippen LogP contribution in [0.5, 0.6) is 0 Å². The average Bonchev–Trinajstić information content (AvgIpc) is 2.96. The highest BCUT2D eigenvalue weighted by atomic mass is 16.3. The first kappa shape index (κ1) is 11.0. The average molecular weight is 219 g/mol. The molecule has 0 saturated carbocycles. The van der Waals surface area contributed by atoms with Gasteiger partial charge in [0.15, 0.2) is 0 Å². The Bertz CT molecular complexity index is 417. The van der Waals surface area contributed by atoms with Crippen LogP contribution >= 0.6 is 0 Å². The first-order valence-corrected chi connectivity index (χ1v) is 5.64. The summed E-state index contributed by atoms with van der Waals surface area (Å²) in [5.74, 6) is 2.94. The van der Waals surface area contributed by atoms with E-state index in [1.807, 2.05) is 24.3 Å². The van der Waals surface area contributed by atoms with Crippen molar-refractivity contribution in [3.05, 3.63) is 47.8 Å². The van der Waals surface area contributed by atoms with Crippen LogP contribution in [-0.4, -0.2) is 0 Å². The van der Waals surface area contributed by atoms with Gasteiger partial charge in [-0.1, -0.05) is 6.92 Å². The highest BCUT2D eigenvalue weighted by molar-refractivity contribution is 5.08. The van der Waals surface area contributed by atoms with Crippen LogP contribution in [0, 0.1) is 0 Å². The quantitative estimate of drug-likeness (QED) is 0.838. The minimum absolute atomic E-state index is 0.199.